The molecule has 1 aromatic heterocycles. The number of hydrogen-bond donors (Lipinski definition) is 0. The number of Topliss-reactive ketones (excluding diaryl/α,β-unsaturated/α-hetero) is 1. The first kappa shape index (κ1) is 12.3. The van der Waals surface area contributed by atoms with E-state index in [0.29, 0.717) is 11.4 Å². The summed E-state index contributed by atoms with van der Waals surface area (Å²) in [6.07, 6.45) is 1.43. The molecule has 0 atom stereocenters. The Morgan fingerprint density at radius 3 is 2.47 bits per heavy atom. The lowest BCUT2D eigenvalue weighted by Gasteiger charge is -1.99. The number of rotatable bonds is 4. The highest BCUT2D eigenvalue weighted by molar-refractivity contribution is 7.14. The zero-order valence-corrected chi connectivity index (χ0v) is 11.1. The second kappa shape index (κ2) is 5.48. The molecule has 0 unspecified atom stereocenters. The third-order valence-corrected chi connectivity index (χ3v) is 4.09. The molecule has 0 amide bonds. The molecule has 0 spiro atoms. The molecule has 2 rings (SSSR count). The van der Waals surface area contributed by atoms with E-state index >= 15 is 0 Å². The van der Waals surface area contributed by atoms with E-state index in [4.69, 9.17) is 11.6 Å². The molecule has 0 aliphatic rings. The summed E-state index contributed by atoms with van der Waals surface area (Å²) < 4.78 is 0. The summed E-state index contributed by atoms with van der Waals surface area (Å²) in [5.41, 5.74) is 1.01. The molecule has 1 aromatic carbocycles. The third-order valence-electron chi connectivity index (χ3n) is 2.56. The maximum atomic E-state index is 12.0. The van der Waals surface area contributed by atoms with Crippen molar-refractivity contribution in [3.63, 3.8) is 0 Å². The van der Waals surface area contributed by atoms with Gasteiger partial charge in [-0.3, -0.25) is 4.79 Å². The maximum Gasteiger partial charge on any atom is 0.177 e. The van der Waals surface area contributed by atoms with Gasteiger partial charge in [-0.05, 0) is 36.2 Å². The number of carbonyl (C=O) groups is 1. The lowest BCUT2D eigenvalue weighted by molar-refractivity contribution is 0.0997. The average Bonchev–Trinajstić information content (AvgIpc) is 2.81. The van der Waals surface area contributed by atoms with E-state index in [1.54, 1.807) is 11.3 Å². The van der Waals surface area contributed by atoms with E-state index in [1.807, 2.05) is 36.4 Å². The van der Waals surface area contributed by atoms with Crippen LogP contribution in [0.4, 0.5) is 0 Å². The molecule has 2 aromatic rings. The van der Waals surface area contributed by atoms with Gasteiger partial charge in [0.15, 0.2) is 5.78 Å². The minimum Gasteiger partial charge on any atom is -0.293 e. The normalized spacial score (nSPS) is 10.5. The molecule has 0 fully saturated rings. The molecule has 0 saturated heterocycles. The van der Waals surface area contributed by atoms with Gasteiger partial charge in [0.25, 0.3) is 0 Å². The van der Waals surface area contributed by atoms with Crippen LogP contribution in [0.1, 0.15) is 27.0 Å². The van der Waals surface area contributed by atoms with Crippen molar-refractivity contribution in [2.24, 2.45) is 0 Å². The molecular formula is C14H13ClOS. The molecule has 0 radical (unpaired) electrons. The van der Waals surface area contributed by atoms with E-state index in [9.17, 15) is 4.79 Å². The summed E-state index contributed by atoms with van der Waals surface area (Å²) in [6.45, 7) is 2.10. The lowest BCUT2D eigenvalue weighted by atomic mass is 10.1. The molecule has 1 heterocycles. The van der Waals surface area contributed by atoms with Gasteiger partial charge in [-0.1, -0.05) is 30.7 Å². The Balaban J connectivity index is 2.08. The predicted octanol–water partition coefficient (Wildman–Crippen LogP) is 4.39. The van der Waals surface area contributed by atoms with E-state index in [-0.39, 0.29) is 5.78 Å². The summed E-state index contributed by atoms with van der Waals surface area (Å²) in [5.74, 6) is 0.178. The minimum atomic E-state index is 0.178. The Morgan fingerprint density at radius 2 is 1.88 bits per heavy atom. The summed E-state index contributed by atoms with van der Waals surface area (Å²) in [5, 5.41) is 0.700. The standard InChI is InChI=1S/C14H13ClOS/c1-2-12-7-8-14(17-12)13(16)9-10-3-5-11(15)6-4-10/h3-8H,2,9H2,1H3. The Bertz CT molecular complexity index is 513. The van der Waals surface area contributed by atoms with Crippen LogP contribution in [0, 0.1) is 0 Å². The van der Waals surface area contributed by atoms with Crippen LogP contribution in [-0.4, -0.2) is 5.78 Å². The third kappa shape index (κ3) is 3.18. The van der Waals surface area contributed by atoms with Gasteiger partial charge in [0.1, 0.15) is 0 Å². The number of aryl methyl sites for hydroxylation is 1. The van der Waals surface area contributed by atoms with Crippen molar-refractivity contribution in [2.75, 3.05) is 0 Å². The first-order chi connectivity index (χ1) is 8.19. The van der Waals surface area contributed by atoms with Crippen molar-refractivity contribution in [3.05, 3.63) is 56.7 Å². The second-order valence-electron chi connectivity index (χ2n) is 3.85. The summed E-state index contributed by atoms with van der Waals surface area (Å²) >= 11 is 7.39. The molecule has 0 saturated carbocycles. The minimum absolute atomic E-state index is 0.178. The largest absolute Gasteiger partial charge is 0.293 e. The topological polar surface area (TPSA) is 17.1 Å². The van der Waals surface area contributed by atoms with Crippen molar-refractivity contribution in [1.29, 1.82) is 0 Å². The van der Waals surface area contributed by atoms with Crippen LogP contribution in [0.15, 0.2) is 36.4 Å². The van der Waals surface area contributed by atoms with Crippen LogP contribution in [0.5, 0.6) is 0 Å². The lowest BCUT2D eigenvalue weighted by Crippen LogP contribution is -2.00. The fourth-order valence-corrected chi connectivity index (χ4v) is 2.60. The zero-order valence-electron chi connectivity index (χ0n) is 9.57. The highest BCUT2D eigenvalue weighted by atomic mass is 35.5. The van der Waals surface area contributed by atoms with Gasteiger partial charge in [-0.25, -0.2) is 0 Å². The number of carbonyl (C=O) groups excluding carboxylic acids is 1. The van der Waals surface area contributed by atoms with E-state index in [0.717, 1.165) is 16.9 Å². The molecule has 0 bridgehead atoms. The van der Waals surface area contributed by atoms with Crippen molar-refractivity contribution in [1.82, 2.24) is 0 Å². The van der Waals surface area contributed by atoms with Gasteiger partial charge in [0.2, 0.25) is 0 Å². The van der Waals surface area contributed by atoms with Crippen molar-refractivity contribution < 1.29 is 4.79 Å². The number of thiophene rings is 1. The molecule has 0 aliphatic carbocycles. The summed E-state index contributed by atoms with van der Waals surface area (Å²) in [4.78, 5) is 14.1. The molecule has 17 heavy (non-hydrogen) atoms. The van der Waals surface area contributed by atoms with Gasteiger partial charge < -0.3 is 0 Å². The Labute approximate surface area is 110 Å². The van der Waals surface area contributed by atoms with Gasteiger partial charge in [-0.15, -0.1) is 11.3 Å². The maximum absolute atomic E-state index is 12.0. The van der Waals surface area contributed by atoms with Crippen LogP contribution < -0.4 is 0 Å². The first-order valence-corrected chi connectivity index (χ1v) is 6.75. The Hall–Kier alpha value is -1.12. The fourth-order valence-electron chi connectivity index (χ4n) is 1.59. The van der Waals surface area contributed by atoms with Crippen LogP contribution >= 0.6 is 22.9 Å². The summed E-state index contributed by atoms with van der Waals surface area (Å²) in [7, 11) is 0. The number of ketones is 1. The van der Waals surface area contributed by atoms with Crippen LogP contribution in [0.3, 0.4) is 0 Å². The van der Waals surface area contributed by atoms with E-state index < -0.39 is 0 Å². The second-order valence-corrected chi connectivity index (χ2v) is 5.45. The fraction of sp³-hybridized carbons (Fsp3) is 0.214. The molecule has 1 nitrogen and oxygen atoms in total. The Morgan fingerprint density at radius 1 is 1.18 bits per heavy atom. The number of hydrogen-bond acceptors (Lipinski definition) is 2. The number of halogens is 1. The highest BCUT2D eigenvalue weighted by Gasteiger charge is 2.09. The van der Waals surface area contributed by atoms with Crippen LogP contribution in [-0.2, 0) is 12.8 Å². The van der Waals surface area contributed by atoms with Crippen molar-refractivity contribution >= 4 is 28.7 Å². The first-order valence-electron chi connectivity index (χ1n) is 5.55. The van der Waals surface area contributed by atoms with E-state index in [2.05, 4.69) is 6.92 Å². The van der Waals surface area contributed by atoms with Crippen molar-refractivity contribution in [3.8, 4) is 0 Å². The number of benzene rings is 1. The van der Waals surface area contributed by atoms with Crippen molar-refractivity contribution in [2.45, 2.75) is 19.8 Å². The quantitative estimate of drug-likeness (QED) is 0.749. The smallest absolute Gasteiger partial charge is 0.177 e. The average molecular weight is 265 g/mol. The van der Waals surface area contributed by atoms with Gasteiger partial charge in [0, 0.05) is 16.3 Å². The molecular weight excluding hydrogens is 252 g/mol. The van der Waals surface area contributed by atoms with E-state index in [1.165, 1.54) is 4.88 Å². The van der Waals surface area contributed by atoms with Gasteiger partial charge in [-0.2, -0.15) is 0 Å². The molecule has 0 aliphatic heterocycles. The molecule has 0 N–H and O–H groups in total. The summed E-state index contributed by atoms with van der Waals surface area (Å²) in [6, 6.07) is 11.4. The monoisotopic (exact) mass is 264 g/mol. The Kier molecular flexibility index (Phi) is 3.97. The van der Waals surface area contributed by atoms with Gasteiger partial charge in [0.05, 0.1) is 4.88 Å². The van der Waals surface area contributed by atoms with Gasteiger partial charge >= 0.3 is 0 Å². The zero-order chi connectivity index (χ0) is 12.3. The molecule has 88 valence electrons. The molecule has 3 heteroatoms. The highest BCUT2D eigenvalue weighted by Crippen LogP contribution is 2.19. The predicted molar refractivity (Wildman–Crippen MR) is 73.2 cm³/mol. The SMILES string of the molecule is CCc1ccc(C(=O)Cc2ccc(Cl)cc2)s1. The van der Waals surface area contributed by atoms with Crippen LogP contribution in [0.2, 0.25) is 5.02 Å². The van der Waals surface area contributed by atoms with Crippen LogP contribution in [0.25, 0.3) is 0 Å².